The van der Waals surface area contributed by atoms with Crippen LogP contribution in [0.15, 0.2) is 89.6 Å². The first-order valence-electron chi connectivity index (χ1n) is 7.63. The van der Waals surface area contributed by atoms with Crippen LogP contribution in [0.1, 0.15) is 11.3 Å². The van der Waals surface area contributed by atoms with Gasteiger partial charge in [-0.05, 0) is 29.8 Å². The fourth-order valence-corrected chi connectivity index (χ4v) is 2.77. The van der Waals surface area contributed by atoms with Crippen molar-refractivity contribution in [2.24, 2.45) is 0 Å². The molecular weight excluding hydrogens is 286 g/mol. The van der Waals surface area contributed by atoms with Gasteiger partial charge in [0.1, 0.15) is 11.3 Å². The normalized spacial score (nSPS) is 16.1. The molecule has 23 heavy (non-hydrogen) atoms. The van der Waals surface area contributed by atoms with Crippen molar-refractivity contribution in [1.29, 1.82) is 0 Å². The van der Waals surface area contributed by atoms with Crippen molar-refractivity contribution in [3.05, 3.63) is 96.5 Å². The van der Waals surface area contributed by atoms with Gasteiger partial charge in [-0.1, -0.05) is 48.5 Å². The Bertz CT molecular complexity index is 830. The molecule has 0 unspecified atom stereocenters. The van der Waals surface area contributed by atoms with Crippen molar-refractivity contribution in [3.8, 4) is 0 Å². The quantitative estimate of drug-likeness (QED) is 0.789. The summed E-state index contributed by atoms with van der Waals surface area (Å²) >= 11 is 0. The van der Waals surface area contributed by atoms with Crippen LogP contribution in [0.2, 0.25) is 0 Å². The molecule has 0 fully saturated rings. The average molecular weight is 303 g/mol. The molecule has 0 spiro atoms. The van der Waals surface area contributed by atoms with Gasteiger partial charge in [-0.3, -0.25) is 0 Å². The maximum absolute atomic E-state index is 10.8. The van der Waals surface area contributed by atoms with Crippen LogP contribution in [0.25, 0.3) is 11.0 Å². The topological polar surface area (TPSA) is 36.6 Å². The molecule has 1 aromatic heterocycles. The number of para-hydroxylation sites is 1. The molecule has 0 saturated carbocycles. The number of fused-ring (bicyclic) bond motifs is 1. The molecular formula is C20H17NO2. The zero-order chi connectivity index (χ0) is 15.7. The van der Waals surface area contributed by atoms with E-state index in [1.54, 1.807) is 12.2 Å². The predicted molar refractivity (Wildman–Crippen MR) is 90.4 cm³/mol. The van der Waals surface area contributed by atoms with Crippen LogP contribution < -0.4 is 0 Å². The van der Waals surface area contributed by atoms with Crippen LogP contribution in [-0.4, -0.2) is 10.0 Å². The second kappa shape index (κ2) is 5.45. The monoisotopic (exact) mass is 303 g/mol. The maximum Gasteiger partial charge on any atom is 0.162 e. The summed E-state index contributed by atoms with van der Waals surface area (Å²) in [6.45, 7) is 0.768. The van der Waals surface area contributed by atoms with Gasteiger partial charge in [0.2, 0.25) is 0 Å². The van der Waals surface area contributed by atoms with Gasteiger partial charge in [0.05, 0.1) is 0 Å². The van der Waals surface area contributed by atoms with Gasteiger partial charge in [-0.15, -0.1) is 0 Å². The molecule has 3 nitrogen and oxygen atoms in total. The summed E-state index contributed by atoms with van der Waals surface area (Å²) in [4.78, 5) is 2.03. The lowest BCUT2D eigenvalue weighted by Crippen LogP contribution is -2.25. The van der Waals surface area contributed by atoms with E-state index < -0.39 is 5.60 Å². The van der Waals surface area contributed by atoms with Crippen molar-refractivity contribution in [3.63, 3.8) is 0 Å². The SMILES string of the molecule is OC1(c2cc3ccccc3o2)C=CN(Cc2ccccc2)C=C1. The van der Waals surface area contributed by atoms with Crippen LogP contribution in [-0.2, 0) is 12.1 Å². The maximum atomic E-state index is 10.8. The second-order valence-electron chi connectivity index (χ2n) is 5.76. The summed E-state index contributed by atoms with van der Waals surface area (Å²) in [5.74, 6) is 0.533. The number of rotatable bonds is 3. The predicted octanol–water partition coefficient (Wildman–Crippen LogP) is 4.16. The van der Waals surface area contributed by atoms with E-state index in [1.165, 1.54) is 5.56 Å². The first-order valence-corrected chi connectivity index (χ1v) is 7.63. The lowest BCUT2D eigenvalue weighted by molar-refractivity contribution is 0.111. The molecule has 0 saturated heterocycles. The minimum Gasteiger partial charge on any atom is -0.457 e. The highest BCUT2D eigenvalue weighted by molar-refractivity contribution is 5.78. The molecule has 114 valence electrons. The smallest absolute Gasteiger partial charge is 0.162 e. The molecule has 0 amide bonds. The van der Waals surface area contributed by atoms with Crippen molar-refractivity contribution in [2.45, 2.75) is 12.1 Å². The molecule has 1 aliphatic heterocycles. The van der Waals surface area contributed by atoms with E-state index in [-0.39, 0.29) is 0 Å². The van der Waals surface area contributed by atoms with Crippen molar-refractivity contribution < 1.29 is 9.52 Å². The van der Waals surface area contributed by atoms with Gasteiger partial charge in [0.25, 0.3) is 0 Å². The Morgan fingerprint density at radius 1 is 0.913 bits per heavy atom. The fourth-order valence-electron chi connectivity index (χ4n) is 2.77. The molecule has 0 atom stereocenters. The Morgan fingerprint density at radius 3 is 2.35 bits per heavy atom. The van der Waals surface area contributed by atoms with Gasteiger partial charge >= 0.3 is 0 Å². The first kappa shape index (κ1) is 13.9. The summed E-state index contributed by atoms with van der Waals surface area (Å²) < 4.78 is 5.79. The Morgan fingerprint density at radius 2 is 1.61 bits per heavy atom. The molecule has 0 bridgehead atoms. The van der Waals surface area contributed by atoms with E-state index in [4.69, 9.17) is 4.42 Å². The third-order valence-corrected chi connectivity index (χ3v) is 4.07. The molecule has 2 heterocycles. The average Bonchev–Trinajstić information content (AvgIpc) is 3.03. The largest absolute Gasteiger partial charge is 0.457 e. The van der Waals surface area contributed by atoms with Crippen LogP contribution in [0.4, 0.5) is 0 Å². The van der Waals surface area contributed by atoms with Gasteiger partial charge in [-0.2, -0.15) is 0 Å². The molecule has 3 aromatic rings. The Balaban J connectivity index is 1.57. The number of aliphatic hydroxyl groups is 1. The zero-order valence-corrected chi connectivity index (χ0v) is 12.6. The summed E-state index contributed by atoms with van der Waals surface area (Å²) in [7, 11) is 0. The van der Waals surface area contributed by atoms with Crippen LogP contribution >= 0.6 is 0 Å². The van der Waals surface area contributed by atoms with E-state index in [0.717, 1.165) is 17.5 Å². The van der Waals surface area contributed by atoms with Crippen molar-refractivity contribution >= 4 is 11.0 Å². The van der Waals surface area contributed by atoms with Crippen molar-refractivity contribution in [1.82, 2.24) is 4.90 Å². The lowest BCUT2D eigenvalue weighted by Gasteiger charge is -2.26. The number of hydrogen-bond donors (Lipinski definition) is 1. The fraction of sp³-hybridized carbons (Fsp3) is 0.100. The number of nitrogens with zero attached hydrogens (tertiary/aromatic N) is 1. The zero-order valence-electron chi connectivity index (χ0n) is 12.6. The second-order valence-corrected chi connectivity index (χ2v) is 5.76. The van der Waals surface area contributed by atoms with Crippen LogP contribution in [0.5, 0.6) is 0 Å². The van der Waals surface area contributed by atoms with Gasteiger partial charge in [-0.25, -0.2) is 0 Å². The highest BCUT2D eigenvalue weighted by atomic mass is 16.4. The van der Waals surface area contributed by atoms with E-state index in [9.17, 15) is 5.11 Å². The highest BCUT2D eigenvalue weighted by Gasteiger charge is 2.29. The number of benzene rings is 2. The number of hydrogen-bond acceptors (Lipinski definition) is 3. The first-order chi connectivity index (χ1) is 11.2. The summed E-state index contributed by atoms with van der Waals surface area (Å²) in [6.07, 6.45) is 7.29. The molecule has 2 aromatic carbocycles. The Hall–Kier alpha value is -2.78. The van der Waals surface area contributed by atoms with Gasteiger partial charge in [0.15, 0.2) is 5.60 Å². The Kier molecular flexibility index (Phi) is 3.28. The molecule has 1 aliphatic rings. The Labute approximate surface area is 134 Å². The van der Waals surface area contributed by atoms with Gasteiger partial charge in [0, 0.05) is 24.3 Å². The van der Waals surface area contributed by atoms with Gasteiger partial charge < -0.3 is 14.4 Å². The minimum absolute atomic E-state index is 0.533. The van der Waals surface area contributed by atoms with E-state index in [0.29, 0.717) is 5.76 Å². The molecule has 3 heteroatoms. The third kappa shape index (κ3) is 2.67. The summed E-state index contributed by atoms with van der Waals surface area (Å²) in [5, 5.41) is 11.8. The lowest BCUT2D eigenvalue weighted by atomic mass is 9.98. The van der Waals surface area contributed by atoms with E-state index >= 15 is 0 Å². The highest BCUT2D eigenvalue weighted by Crippen LogP contribution is 2.32. The standard InChI is InChI=1S/C20H17NO2/c22-20(19-14-17-8-4-5-9-18(17)23-19)10-12-21(13-11-20)15-16-6-2-1-3-7-16/h1-14,22H,15H2. The van der Waals surface area contributed by atoms with E-state index in [2.05, 4.69) is 12.1 Å². The van der Waals surface area contributed by atoms with E-state index in [1.807, 2.05) is 65.8 Å². The molecule has 4 rings (SSSR count). The van der Waals surface area contributed by atoms with Crippen molar-refractivity contribution in [2.75, 3.05) is 0 Å². The van der Waals surface area contributed by atoms with Crippen LogP contribution in [0.3, 0.4) is 0 Å². The minimum atomic E-state index is -1.20. The molecule has 1 N–H and O–H groups in total. The summed E-state index contributed by atoms with van der Waals surface area (Å²) in [5.41, 5.74) is 0.798. The number of furan rings is 1. The molecule has 0 radical (unpaired) electrons. The third-order valence-electron chi connectivity index (χ3n) is 4.07. The van der Waals surface area contributed by atoms with Crippen LogP contribution in [0, 0.1) is 0 Å². The summed E-state index contributed by atoms with van der Waals surface area (Å²) in [6, 6.07) is 19.9. The molecule has 0 aliphatic carbocycles.